The molecule has 2 aliphatic heterocycles. The van der Waals surface area contributed by atoms with E-state index in [9.17, 15) is 4.79 Å². The van der Waals surface area contributed by atoms with Gasteiger partial charge < -0.3 is 10.2 Å². The molecule has 100 valence electrons. The van der Waals surface area contributed by atoms with Crippen LogP contribution in [0.5, 0.6) is 0 Å². The van der Waals surface area contributed by atoms with Crippen molar-refractivity contribution in [2.24, 2.45) is 0 Å². The second-order valence-electron chi connectivity index (χ2n) is 5.28. The molecular formula is C16H20N2O. The minimum Gasteiger partial charge on any atom is -0.337 e. The van der Waals surface area contributed by atoms with Crippen LogP contribution in [0.25, 0.3) is 5.57 Å². The van der Waals surface area contributed by atoms with Crippen LogP contribution in [0.4, 0.5) is 0 Å². The Morgan fingerprint density at radius 3 is 2.74 bits per heavy atom. The van der Waals surface area contributed by atoms with Crippen LogP contribution in [0.1, 0.15) is 24.8 Å². The largest absolute Gasteiger partial charge is 0.337 e. The van der Waals surface area contributed by atoms with E-state index in [4.69, 9.17) is 0 Å². The summed E-state index contributed by atoms with van der Waals surface area (Å²) in [4.78, 5) is 14.3. The molecule has 0 spiro atoms. The van der Waals surface area contributed by atoms with Gasteiger partial charge in [0.1, 0.15) is 0 Å². The Bertz CT molecular complexity index is 475. The number of nitrogens with zero attached hydrogens (tertiary/aromatic N) is 1. The van der Waals surface area contributed by atoms with Crippen LogP contribution in [0.15, 0.2) is 36.4 Å². The van der Waals surface area contributed by atoms with Crippen molar-refractivity contribution in [3.8, 4) is 0 Å². The summed E-state index contributed by atoms with van der Waals surface area (Å²) in [6.45, 7) is 2.58. The average Bonchev–Trinajstić information content (AvgIpc) is 3.02. The van der Waals surface area contributed by atoms with Gasteiger partial charge in [0.2, 0.25) is 5.91 Å². The van der Waals surface area contributed by atoms with Gasteiger partial charge >= 0.3 is 0 Å². The Balaban J connectivity index is 1.65. The topological polar surface area (TPSA) is 32.3 Å². The van der Waals surface area contributed by atoms with Crippen molar-refractivity contribution >= 4 is 11.5 Å². The van der Waals surface area contributed by atoms with E-state index in [-0.39, 0.29) is 11.9 Å². The molecule has 0 aliphatic carbocycles. The normalized spacial score (nSPS) is 23.3. The van der Waals surface area contributed by atoms with Crippen LogP contribution in [0.2, 0.25) is 0 Å². The smallest absolute Gasteiger partial charge is 0.239 e. The number of amides is 1. The lowest BCUT2D eigenvalue weighted by Crippen LogP contribution is -2.45. The third kappa shape index (κ3) is 2.71. The molecule has 3 heteroatoms. The summed E-state index contributed by atoms with van der Waals surface area (Å²) in [6.07, 6.45) is 5.27. The van der Waals surface area contributed by atoms with Gasteiger partial charge in [-0.1, -0.05) is 36.4 Å². The molecule has 1 N–H and O–H groups in total. The Morgan fingerprint density at radius 1 is 1.26 bits per heavy atom. The molecule has 1 fully saturated rings. The van der Waals surface area contributed by atoms with E-state index in [0.29, 0.717) is 0 Å². The molecule has 1 unspecified atom stereocenters. The molecule has 0 aromatic heterocycles. The second-order valence-corrected chi connectivity index (χ2v) is 5.28. The molecule has 3 rings (SSSR count). The van der Waals surface area contributed by atoms with Crippen LogP contribution < -0.4 is 5.32 Å². The lowest BCUT2D eigenvalue weighted by Gasteiger charge is -2.29. The maximum Gasteiger partial charge on any atom is 0.239 e. The molecule has 1 amide bonds. The number of benzene rings is 1. The molecule has 19 heavy (non-hydrogen) atoms. The molecule has 2 heterocycles. The molecule has 1 atom stereocenters. The number of rotatable bonds is 2. The van der Waals surface area contributed by atoms with E-state index in [1.165, 1.54) is 11.1 Å². The third-order valence-electron chi connectivity index (χ3n) is 4.02. The lowest BCUT2D eigenvalue weighted by atomic mass is 9.99. The van der Waals surface area contributed by atoms with E-state index in [1.54, 1.807) is 0 Å². The van der Waals surface area contributed by atoms with Crippen LogP contribution in [-0.2, 0) is 4.79 Å². The van der Waals surface area contributed by atoms with Crippen molar-refractivity contribution < 1.29 is 4.79 Å². The lowest BCUT2D eigenvalue weighted by molar-refractivity contribution is -0.132. The molecule has 3 nitrogen and oxygen atoms in total. The summed E-state index contributed by atoms with van der Waals surface area (Å²) in [5.41, 5.74) is 2.65. The molecule has 0 bridgehead atoms. The summed E-state index contributed by atoms with van der Waals surface area (Å²) in [5, 5.41) is 3.28. The van der Waals surface area contributed by atoms with Crippen LogP contribution in [-0.4, -0.2) is 36.5 Å². The molecule has 1 saturated heterocycles. The zero-order chi connectivity index (χ0) is 13.1. The monoisotopic (exact) mass is 256 g/mol. The Hall–Kier alpha value is -1.61. The van der Waals surface area contributed by atoms with E-state index in [1.807, 2.05) is 11.0 Å². The first-order valence-electron chi connectivity index (χ1n) is 7.11. The van der Waals surface area contributed by atoms with E-state index in [2.05, 4.69) is 35.7 Å². The van der Waals surface area contributed by atoms with Crippen LogP contribution >= 0.6 is 0 Å². The van der Waals surface area contributed by atoms with Gasteiger partial charge in [-0.3, -0.25) is 4.79 Å². The molecule has 1 aromatic carbocycles. The molecule has 0 saturated carbocycles. The highest BCUT2D eigenvalue weighted by Crippen LogP contribution is 2.22. The summed E-state index contributed by atoms with van der Waals surface area (Å²) in [7, 11) is 0. The average molecular weight is 256 g/mol. The number of carbonyl (C=O) groups is 1. The first-order valence-corrected chi connectivity index (χ1v) is 7.11. The molecule has 0 radical (unpaired) electrons. The van der Waals surface area contributed by atoms with Crippen molar-refractivity contribution in [2.45, 2.75) is 25.3 Å². The Labute approximate surface area is 114 Å². The van der Waals surface area contributed by atoms with Gasteiger partial charge in [-0.15, -0.1) is 0 Å². The molecule has 1 aromatic rings. The predicted octanol–water partition coefficient (Wildman–Crippen LogP) is 2.05. The fraction of sp³-hybridized carbons (Fsp3) is 0.438. The van der Waals surface area contributed by atoms with Gasteiger partial charge in [-0.25, -0.2) is 0 Å². The maximum absolute atomic E-state index is 12.3. The van der Waals surface area contributed by atoms with E-state index >= 15 is 0 Å². The number of carbonyl (C=O) groups excluding carboxylic acids is 1. The fourth-order valence-electron chi connectivity index (χ4n) is 2.90. The van der Waals surface area contributed by atoms with E-state index in [0.717, 1.165) is 38.9 Å². The first kappa shape index (κ1) is 12.4. The second kappa shape index (κ2) is 5.57. The summed E-state index contributed by atoms with van der Waals surface area (Å²) in [6, 6.07) is 10.5. The van der Waals surface area contributed by atoms with Gasteiger partial charge in [-0.2, -0.15) is 0 Å². The van der Waals surface area contributed by atoms with Gasteiger partial charge in [0.15, 0.2) is 0 Å². The van der Waals surface area contributed by atoms with Crippen molar-refractivity contribution in [1.29, 1.82) is 0 Å². The Morgan fingerprint density at radius 2 is 2.11 bits per heavy atom. The van der Waals surface area contributed by atoms with Crippen LogP contribution in [0, 0.1) is 0 Å². The fourth-order valence-corrected chi connectivity index (χ4v) is 2.90. The van der Waals surface area contributed by atoms with Gasteiger partial charge in [0.05, 0.1) is 6.04 Å². The van der Waals surface area contributed by atoms with Crippen molar-refractivity contribution in [3.63, 3.8) is 0 Å². The highest BCUT2D eigenvalue weighted by atomic mass is 16.2. The van der Waals surface area contributed by atoms with E-state index < -0.39 is 0 Å². The minimum atomic E-state index is 0.0617. The number of hydrogen-bond acceptors (Lipinski definition) is 2. The third-order valence-corrected chi connectivity index (χ3v) is 4.02. The van der Waals surface area contributed by atoms with Crippen molar-refractivity contribution in [3.05, 3.63) is 42.0 Å². The SMILES string of the molecule is O=C(C1CCCN1)N1CC=C(c2ccccc2)CC1. The van der Waals surface area contributed by atoms with Gasteiger partial charge in [-0.05, 0) is 36.9 Å². The molecular weight excluding hydrogens is 236 g/mol. The van der Waals surface area contributed by atoms with Crippen molar-refractivity contribution in [1.82, 2.24) is 10.2 Å². The Kier molecular flexibility index (Phi) is 3.65. The van der Waals surface area contributed by atoms with Gasteiger partial charge in [0, 0.05) is 13.1 Å². The van der Waals surface area contributed by atoms with Gasteiger partial charge in [0.25, 0.3) is 0 Å². The van der Waals surface area contributed by atoms with Crippen molar-refractivity contribution in [2.75, 3.05) is 19.6 Å². The number of nitrogens with one attached hydrogen (secondary N) is 1. The highest BCUT2D eigenvalue weighted by Gasteiger charge is 2.27. The molecule has 2 aliphatic rings. The first-order chi connectivity index (χ1) is 9.34. The van der Waals surface area contributed by atoms with Crippen LogP contribution in [0.3, 0.4) is 0 Å². The quantitative estimate of drug-likeness (QED) is 0.878. The maximum atomic E-state index is 12.3. The summed E-state index contributed by atoms with van der Waals surface area (Å²) in [5.74, 6) is 0.279. The zero-order valence-electron chi connectivity index (χ0n) is 11.1. The predicted molar refractivity (Wildman–Crippen MR) is 76.6 cm³/mol. The highest BCUT2D eigenvalue weighted by molar-refractivity contribution is 5.83. The summed E-state index contributed by atoms with van der Waals surface area (Å²) < 4.78 is 0. The standard InChI is InChI=1S/C16H20N2O/c19-16(15-7-4-10-17-15)18-11-8-14(9-12-18)13-5-2-1-3-6-13/h1-3,5-6,8,15,17H,4,7,9-12H2. The zero-order valence-corrected chi connectivity index (χ0v) is 11.1. The minimum absolute atomic E-state index is 0.0617. The number of hydrogen-bond donors (Lipinski definition) is 1. The summed E-state index contributed by atoms with van der Waals surface area (Å²) >= 11 is 0.